The maximum absolute atomic E-state index is 13.6. The molecule has 18 heavy (non-hydrogen) atoms. The molecule has 0 unspecified atom stereocenters. The first-order chi connectivity index (χ1) is 8.63. The van der Waals surface area contributed by atoms with Gasteiger partial charge in [-0.15, -0.1) is 0 Å². The van der Waals surface area contributed by atoms with Crippen molar-refractivity contribution >= 4 is 0 Å². The van der Waals surface area contributed by atoms with E-state index in [0.717, 1.165) is 12.1 Å². The van der Waals surface area contributed by atoms with Crippen LogP contribution in [-0.2, 0) is 6.42 Å². The highest BCUT2D eigenvalue weighted by molar-refractivity contribution is 5.60. The first kappa shape index (κ1) is 12.1. The Morgan fingerprint density at radius 2 is 1.83 bits per heavy atom. The van der Waals surface area contributed by atoms with Gasteiger partial charge in [-0.1, -0.05) is 6.07 Å². The van der Waals surface area contributed by atoms with Crippen LogP contribution in [0.3, 0.4) is 0 Å². The number of halogens is 3. The van der Waals surface area contributed by atoms with Crippen molar-refractivity contribution < 1.29 is 13.2 Å². The Morgan fingerprint density at radius 3 is 2.56 bits per heavy atom. The standard InChI is InChI=1S/C13H7F3N2/c14-10-3-1-2-9(12(10)16)13-11(15)5-4-8(18-13)6-7-17/h1-5H,6H2. The van der Waals surface area contributed by atoms with Gasteiger partial charge in [-0.3, -0.25) is 0 Å². The second-order valence-electron chi connectivity index (χ2n) is 3.57. The van der Waals surface area contributed by atoms with E-state index in [1.807, 2.05) is 6.07 Å². The molecule has 0 atom stereocenters. The lowest BCUT2D eigenvalue weighted by atomic mass is 10.1. The van der Waals surface area contributed by atoms with Gasteiger partial charge in [0.15, 0.2) is 11.6 Å². The Balaban J connectivity index is 2.60. The van der Waals surface area contributed by atoms with Crippen molar-refractivity contribution in [3.63, 3.8) is 0 Å². The van der Waals surface area contributed by atoms with Crippen molar-refractivity contribution in [2.24, 2.45) is 0 Å². The summed E-state index contributed by atoms with van der Waals surface area (Å²) in [6.45, 7) is 0. The Bertz CT molecular complexity index is 633. The van der Waals surface area contributed by atoms with Gasteiger partial charge in [-0.05, 0) is 24.3 Å². The Morgan fingerprint density at radius 1 is 1.06 bits per heavy atom. The molecule has 0 aliphatic heterocycles. The SMILES string of the molecule is N#CCc1ccc(F)c(-c2cccc(F)c2F)n1. The fourth-order valence-corrected chi connectivity index (χ4v) is 1.54. The van der Waals surface area contributed by atoms with Gasteiger partial charge in [0.25, 0.3) is 0 Å². The smallest absolute Gasteiger partial charge is 0.168 e. The van der Waals surface area contributed by atoms with Crippen molar-refractivity contribution in [1.29, 1.82) is 5.26 Å². The zero-order chi connectivity index (χ0) is 13.1. The lowest BCUT2D eigenvalue weighted by Crippen LogP contribution is -1.98. The third-order valence-electron chi connectivity index (χ3n) is 2.37. The van der Waals surface area contributed by atoms with Crippen LogP contribution in [0.25, 0.3) is 11.3 Å². The number of rotatable bonds is 2. The third kappa shape index (κ3) is 2.18. The van der Waals surface area contributed by atoms with E-state index in [0.29, 0.717) is 5.69 Å². The number of pyridine rings is 1. The molecule has 0 fully saturated rings. The summed E-state index contributed by atoms with van der Waals surface area (Å²) in [4.78, 5) is 3.83. The molecule has 2 aromatic rings. The molecule has 0 N–H and O–H groups in total. The fraction of sp³-hybridized carbons (Fsp3) is 0.0769. The van der Waals surface area contributed by atoms with Gasteiger partial charge >= 0.3 is 0 Å². The Labute approximate surface area is 101 Å². The summed E-state index contributed by atoms with van der Waals surface area (Å²) in [5.41, 5.74) is -0.246. The molecule has 0 saturated carbocycles. The minimum atomic E-state index is -1.15. The normalized spacial score (nSPS) is 10.1. The van der Waals surface area contributed by atoms with Gasteiger partial charge in [-0.25, -0.2) is 18.2 Å². The molecule has 0 aliphatic carbocycles. The number of hydrogen-bond acceptors (Lipinski definition) is 2. The third-order valence-corrected chi connectivity index (χ3v) is 2.37. The molecule has 0 bridgehead atoms. The van der Waals surface area contributed by atoms with E-state index in [-0.39, 0.29) is 17.7 Å². The molecular weight excluding hydrogens is 241 g/mol. The number of benzene rings is 1. The second-order valence-corrected chi connectivity index (χ2v) is 3.57. The number of nitriles is 1. The van der Waals surface area contributed by atoms with Crippen LogP contribution in [0.4, 0.5) is 13.2 Å². The van der Waals surface area contributed by atoms with Crippen molar-refractivity contribution in [2.75, 3.05) is 0 Å². The van der Waals surface area contributed by atoms with E-state index in [2.05, 4.69) is 4.98 Å². The Kier molecular flexibility index (Phi) is 3.28. The van der Waals surface area contributed by atoms with E-state index in [4.69, 9.17) is 5.26 Å². The summed E-state index contributed by atoms with van der Waals surface area (Å²) in [6.07, 6.45) is -0.0236. The number of hydrogen-bond donors (Lipinski definition) is 0. The minimum absolute atomic E-state index is 0.0236. The number of nitrogens with zero attached hydrogens (tertiary/aromatic N) is 2. The molecule has 1 heterocycles. The minimum Gasteiger partial charge on any atom is -0.249 e. The van der Waals surface area contributed by atoms with E-state index in [9.17, 15) is 13.2 Å². The molecule has 0 saturated heterocycles. The van der Waals surface area contributed by atoms with Crippen LogP contribution < -0.4 is 0 Å². The maximum atomic E-state index is 13.6. The maximum Gasteiger partial charge on any atom is 0.168 e. The van der Waals surface area contributed by atoms with Gasteiger partial charge in [0.05, 0.1) is 18.2 Å². The predicted octanol–water partition coefficient (Wildman–Crippen LogP) is 3.23. The predicted molar refractivity (Wildman–Crippen MR) is 58.9 cm³/mol. The largest absolute Gasteiger partial charge is 0.249 e. The molecule has 5 heteroatoms. The first-order valence-corrected chi connectivity index (χ1v) is 5.10. The first-order valence-electron chi connectivity index (χ1n) is 5.10. The second kappa shape index (κ2) is 4.88. The molecule has 2 nitrogen and oxygen atoms in total. The summed E-state index contributed by atoms with van der Waals surface area (Å²) < 4.78 is 40.2. The summed E-state index contributed by atoms with van der Waals surface area (Å²) in [6, 6.07) is 7.72. The monoisotopic (exact) mass is 248 g/mol. The fourth-order valence-electron chi connectivity index (χ4n) is 1.54. The van der Waals surface area contributed by atoms with Crippen molar-refractivity contribution in [2.45, 2.75) is 6.42 Å². The van der Waals surface area contributed by atoms with Gasteiger partial charge in [0, 0.05) is 5.56 Å². The van der Waals surface area contributed by atoms with E-state index < -0.39 is 17.5 Å². The van der Waals surface area contributed by atoms with Crippen LogP contribution in [0.15, 0.2) is 30.3 Å². The topological polar surface area (TPSA) is 36.7 Å². The van der Waals surface area contributed by atoms with E-state index >= 15 is 0 Å². The zero-order valence-corrected chi connectivity index (χ0v) is 9.12. The molecule has 2 rings (SSSR count). The molecule has 1 aromatic heterocycles. The average Bonchev–Trinajstić information content (AvgIpc) is 2.36. The Hall–Kier alpha value is -2.35. The number of aromatic nitrogens is 1. The summed E-state index contributed by atoms with van der Waals surface area (Å²) in [7, 11) is 0. The quantitative estimate of drug-likeness (QED) is 0.818. The van der Waals surface area contributed by atoms with Gasteiger partial charge < -0.3 is 0 Å². The summed E-state index contributed by atoms with van der Waals surface area (Å²) >= 11 is 0. The highest BCUT2D eigenvalue weighted by Gasteiger charge is 2.15. The van der Waals surface area contributed by atoms with E-state index in [1.165, 1.54) is 18.2 Å². The van der Waals surface area contributed by atoms with Crippen molar-refractivity contribution in [3.05, 3.63) is 53.5 Å². The molecule has 0 amide bonds. The highest BCUT2D eigenvalue weighted by atomic mass is 19.2. The van der Waals surface area contributed by atoms with Gasteiger partial charge in [0.2, 0.25) is 0 Å². The summed E-state index contributed by atoms with van der Waals surface area (Å²) in [5, 5.41) is 8.53. The molecule has 0 spiro atoms. The average molecular weight is 248 g/mol. The van der Waals surface area contributed by atoms with Crippen molar-refractivity contribution in [1.82, 2.24) is 4.98 Å². The molecular formula is C13H7F3N2. The molecule has 0 aliphatic rings. The van der Waals surface area contributed by atoms with Crippen LogP contribution in [0.2, 0.25) is 0 Å². The van der Waals surface area contributed by atoms with Gasteiger partial charge in [0.1, 0.15) is 11.5 Å². The van der Waals surface area contributed by atoms with Crippen LogP contribution >= 0.6 is 0 Å². The highest BCUT2D eigenvalue weighted by Crippen LogP contribution is 2.25. The zero-order valence-electron chi connectivity index (χ0n) is 9.12. The molecule has 0 radical (unpaired) electrons. The van der Waals surface area contributed by atoms with Crippen LogP contribution in [-0.4, -0.2) is 4.98 Å². The summed E-state index contributed by atoms with van der Waals surface area (Å²) in [5.74, 6) is -2.99. The molecule has 1 aromatic carbocycles. The van der Waals surface area contributed by atoms with Crippen LogP contribution in [0.5, 0.6) is 0 Å². The van der Waals surface area contributed by atoms with Crippen molar-refractivity contribution in [3.8, 4) is 17.3 Å². The lowest BCUT2D eigenvalue weighted by molar-refractivity contribution is 0.509. The van der Waals surface area contributed by atoms with Crippen LogP contribution in [0.1, 0.15) is 5.69 Å². The molecule has 90 valence electrons. The van der Waals surface area contributed by atoms with Gasteiger partial charge in [-0.2, -0.15) is 5.26 Å². The van der Waals surface area contributed by atoms with E-state index in [1.54, 1.807) is 0 Å². The lowest BCUT2D eigenvalue weighted by Gasteiger charge is -2.06. The van der Waals surface area contributed by atoms with Crippen LogP contribution in [0, 0.1) is 28.8 Å².